The molecule has 0 bridgehead atoms. The molecule has 2 rings (SSSR count). The SMILES string of the molecule is ClC(Cl)(Cl)C(Cl)(Cl)n1nnc(-c2ccccc2)n1. The summed E-state index contributed by atoms with van der Waals surface area (Å²) >= 11 is 28.8. The van der Waals surface area contributed by atoms with Crippen LogP contribution in [0.5, 0.6) is 0 Å². The first-order valence-electron chi connectivity index (χ1n) is 4.63. The van der Waals surface area contributed by atoms with E-state index in [4.69, 9.17) is 58.0 Å². The van der Waals surface area contributed by atoms with Crippen molar-refractivity contribution in [3.63, 3.8) is 0 Å². The Bertz CT molecular complexity index is 533. The first-order chi connectivity index (χ1) is 8.32. The number of alkyl halides is 5. The molecule has 0 amide bonds. The number of aromatic nitrogens is 4. The van der Waals surface area contributed by atoms with E-state index in [1.54, 1.807) is 12.1 Å². The molecule has 0 aliphatic rings. The van der Waals surface area contributed by atoms with Gasteiger partial charge in [-0.25, -0.2) is 0 Å². The summed E-state index contributed by atoms with van der Waals surface area (Å²) in [4.78, 5) is 0.853. The van der Waals surface area contributed by atoms with Crippen LogP contribution in [-0.4, -0.2) is 24.0 Å². The van der Waals surface area contributed by atoms with Crippen molar-refractivity contribution in [1.29, 1.82) is 0 Å². The van der Waals surface area contributed by atoms with Crippen molar-refractivity contribution in [2.45, 2.75) is 8.25 Å². The van der Waals surface area contributed by atoms with Crippen LogP contribution >= 0.6 is 58.0 Å². The van der Waals surface area contributed by atoms with Gasteiger partial charge < -0.3 is 0 Å². The fraction of sp³-hybridized carbons (Fsp3) is 0.222. The quantitative estimate of drug-likeness (QED) is 0.777. The zero-order valence-corrected chi connectivity index (χ0v) is 12.3. The topological polar surface area (TPSA) is 43.6 Å². The third kappa shape index (κ3) is 2.68. The first kappa shape index (κ1) is 14.2. The summed E-state index contributed by atoms with van der Waals surface area (Å²) in [5.74, 6) is 0.329. The number of hydrogen-bond donors (Lipinski definition) is 0. The lowest BCUT2D eigenvalue weighted by atomic mass is 10.2. The Morgan fingerprint density at radius 2 is 1.56 bits per heavy atom. The van der Waals surface area contributed by atoms with Crippen LogP contribution in [0.25, 0.3) is 11.4 Å². The largest absolute Gasteiger partial charge is 0.276 e. The van der Waals surface area contributed by atoms with Gasteiger partial charge in [0.25, 0.3) is 4.46 Å². The highest BCUT2D eigenvalue weighted by atomic mass is 35.6. The second-order valence-corrected chi connectivity index (χ2v) is 6.88. The van der Waals surface area contributed by atoms with Gasteiger partial charge in [0.2, 0.25) is 9.62 Å². The van der Waals surface area contributed by atoms with Crippen molar-refractivity contribution in [1.82, 2.24) is 20.2 Å². The Morgan fingerprint density at radius 3 is 2.11 bits per heavy atom. The highest BCUT2D eigenvalue weighted by molar-refractivity contribution is 6.74. The Hall–Kier alpha value is -0.260. The molecule has 0 fully saturated rings. The van der Waals surface area contributed by atoms with Crippen molar-refractivity contribution < 1.29 is 0 Å². The van der Waals surface area contributed by atoms with Gasteiger partial charge in [0.05, 0.1) is 0 Å². The number of rotatable bonds is 2. The van der Waals surface area contributed by atoms with Gasteiger partial charge in [0.1, 0.15) is 0 Å². The van der Waals surface area contributed by atoms with Gasteiger partial charge in [-0.05, 0) is 5.21 Å². The summed E-state index contributed by atoms with van der Waals surface area (Å²) < 4.78 is -3.94. The first-order valence-corrected chi connectivity index (χ1v) is 6.52. The molecule has 0 spiro atoms. The second-order valence-electron chi connectivity index (χ2n) is 3.31. The monoisotopic (exact) mass is 344 g/mol. The molecule has 1 heterocycles. The van der Waals surface area contributed by atoms with Gasteiger partial charge in [0, 0.05) is 5.56 Å². The normalized spacial score (nSPS) is 12.7. The number of benzene rings is 1. The van der Waals surface area contributed by atoms with Crippen LogP contribution in [0.15, 0.2) is 30.3 Å². The number of nitrogens with zero attached hydrogens (tertiary/aromatic N) is 4. The van der Waals surface area contributed by atoms with Crippen LogP contribution < -0.4 is 0 Å². The van der Waals surface area contributed by atoms with Crippen LogP contribution in [0.1, 0.15) is 0 Å². The maximum Gasteiger partial charge on any atom is 0.276 e. The van der Waals surface area contributed by atoms with E-state index in [-0.39, 0.29) is 0 Å². The van der Waals surface area contributed by atoms with Gasteiger partial charge in [-0.15, -0.1) is 15.0 Å². The van der Waals surface area contributed by atoms with Crippen molar-refractivity contribution in [2.24, 2.45) is 0 Å². The van der Waals surface area contributed by atoms with Gasteiger partial charge in [-0.2, -0.15) is 0 Å². The smallest absolute Gasteiger partial charge is 0.128 e. The molecule has 0 atom stereocenters. The summed E-state index contributed by atoms with van der Waals surface area (Å²) in [5.41, 5.74) is 0.747. The molecule has 0 aliphatic carbocycles. The number of hydrogen-bond acceptors (Lipinski definition) is 3. The average molecular weight is 346 g/mol. The molecule has 9 heteroatoms. The fourth-order valence-corrected chi connectivity index (χ4v) is 1.52. The van der Waals surface area contributed by atoms with Gasteiger partial charge in [-0.1, -0.05) is 88.3 Å². The lowest BCUT2D eigenvalue weighted by molar-refractivity contribution is 0.460. The molecule has 0 saturated heterocycles. The van der Waals surface area contributed by atoms with E-state index in [0.29, 0.717) is 5.82 Å². The molecule has 96 valence electrons. The van der Waals surface area contributed by atoms with Gasteiger partial charge in [0.15, 0.2) is 0 Å². The molecule has 4 nitrogen and oxygen atoms in total. The zero-order valence-electron chi connectivity index (χ0n) is 8.57. The predicted octanol–water partition coefficient (Wildman–Crippen LogP) is 3.80. The lowest BCUT2D eigenvalue weighted by Gasteiger charge is -2.24. The Balaban J connectivity index is 2.38. The molecule has 2 aromatic rings. The minimum Gasteiger partial charge on any atom is -0.128 e. The van der Waals surface area contributed by atoms with Crippen molar-refractivity contribution in [3.05, 3.63) is 30.3 Å². The summed E-state index contributed by atoms with van der Waals surface area (Å²) in [6.07, 6.45) is 0. The Labute approximate surface area is 128 Å². The fourth-order valence-electron chi connectivity index (χ4n) is 1.15. The van der Waals surface area contributed by atoms with Crippen LogP contribution in [-0.2, 0) is 4.46 Å². The summed E-state index contributed by atoms with van der Waals surface area (Å²) in [5, 5.41) is 11.5. The molecule has 18 heavy (non-hydrogen) atoms. The van der Waals surface area contributed by atoms with E-state index < -0.39 is 8.25 Å². The summed E-state index contributed by atoms with van der Waals surface area (Å²) in [6, 6.07) is 9.14. The van der Waals surface area contributed by atoms with E-state index in [1.165, 1.54) is 0 Å². The summed E-state index contributed by atoms with van der Waals surface area (Å²) in [6.45, 7) is 0. The molecule has 0 radical (unpaired) electrons. The average Bonchev–Trinajstić information content (AvgIpc) is 2.78. The van der Waals surface area contributed by atoms with Crippen molar-refractivity contribution in [2.75, 3.05) is 0 Å². The van der Waals surface area contributed by atoms with Crippen LogP contribution in [0.4, 0.5) is 0 Å². The Kier molecular flexibility index (Phi) is 3.95. The summed E-state index contributed by atoms with van der Waals surface area (Å²) in [7, 11) is 0. The molecule has 1 aromatic carbocycles. The van der Waals surface area contributed by atoms with E-state index in [1.807, 2.05) is 18.2 Å². The van der Waals surface area contributed by atoms with Gasteiger partial charge >= 0.3 is 0 Å². The highest BCUT2D eigenvalue weighted by Crippen LogP contribution is 2.48. The van der Waals surface area contributed by atoms with Crippen molar-refractivity contribution in [3.8, 4) is 11.4 Å². The zero-order chi connectivity index (χ0) is 13.4. The third-order valence-electron chi connectivity index (χ3n) is 2.04. The lowest BCUT2D eigenvalue weighted by Crippen LogP contribution is -2.36. The number of tetrazole rings is 1. The van der Waals surface area contributed by atoms with Gasteiger partial charge in [-0.3, -0.25) is 0 Å². The van der Waals surface area contributed by atoms with Crippen LogP contribution in [0, 0.1) is 0 Å². The third-order valence-corrected chi connectivity index (χ3v) is 4.31. The molecule has 0 saturated carbocycles. The van der Waals surface area contributed by atoms with Crippen LogP contribution in [0.3, 0.4) is 0 Å². The van der Waals surface area contributed by atoms with Crippen LogP contribution in [0.2, 0.25) is 0 Å². The second kappa shape index (κ2) is 5.02. The molecule has 0 aliphatic heterocycles. The molecular weight excluding hydrogens is 341 g/mol. The Morgan fingerprint density at radius 1 is 0.944 bits per heavy atom. The van der Waals surface area contributed by atoms with E-state index in [2.05, 4.69) is 15.4 Å². The minimum atomic E-state index is -2.00. The molecule has 0 unspecified atom stereocenters. The minimum absolute atomic E-state index is 0.329. The van der Waals surface area contributed by atoms with Crippen molar-refractivity contribution >= 4 is 58.0 Å². The highest BCUT2D eigenvalue weighted by Gasteiger charge is 2.50. The molecule has 1 aromatic heterocycles. The predicted molar refractivity (Wildman–Crippen MR) is 73.2 cm³/mol. The maximum absolute atomic E-state index is 5.91. The van der Waals surface area contributed by atoms with E-state index >= 15 is 0 Å². The molecule has 0 N–H and O–H groups in total. The van der Waals surface area contributed by atoms with E-state index in [9.17, 15) is 0 Å². The standard InChI is InChI=1S/C9H5Cl5N4/c10-8(11,12)9(13,14)18-16-7(15-17-18)6-4-2-1-3-5-6/h1-5H. The number of halogens is 5. The maximum atomic E-state index is 5.91. The molecular formula is C9H5Cl5N4. The van der Waals surface area contributed by atoms with E-state index in [0.717, 1.165) is 10.4 Å².